The van der Waals surface area contributed by atoms with Gasteiger partial charge in [-0.15, -0.1) is 0 Å². The van der Waals surface area contributed by atoms with E-state index in [1.165, 1.54) is 18.2 Å². The molecular weight excluding hydrogens is 206 g/mol. The van der Waals surface area contributed by atoms with E-state index in [2.05, 4.69) is 0 Å². The number of aliphatic hydroxyl groups excluding tert-OH is 1. The molecule has 1 atom stereocenters. The van der Waals surface area contributed by atoms with Crippen molar-refractivity contribution >= 4 is 23.8 Å². The minimum absolute atomic E-state index is 0.101. The molecule has 0 spiro atoms. The Bertz CT molecular complexity index is 378. The van der Waals surface area contributed by atoms with Gasteiger partial charge in [0, 0.05) is 16.1 Å². The van der Waals surface area contributed by atoms with Crippen LogP contribution in [0.4, 0.5) is 0 Å². The number of hydrogen-bond acceptors (Lipinski definition) is 3. The Kier molecular flexibility index (Phi) is 3.22. The van der Waals surface area contributed by atoms with Crippen molar-refractivity contribution in [1.82, 2.24) is 5.73 Å². The van der Waals surface area contributed by atoms with Gasteiger partial charge < -0.3 is 5.11 Å². The molecule has 1 aromatic carbocycles. The summed E-state index contributed by atoms with van der Waals surface area (Å²) in [4.78, 5) is 21.1. The lowest BCUT2D eigenvalue weighted by Crippen LogP contribution is -2.14. The van der Waals surface area contributed by atoms with Crippen molar-refractivity contribution in [3.05, 3.63) is 34.3 Å². The van der Waals surface area contributed by atoms with E-state index in [0.717, 1.165) is 0 Å². The van der Waals surface area contributed by atoms with Gasteiger partial charge in [0.05, 0.1) is 0 Å². The fraction of sp³-hybridized carbons (Fsp3) is 0.111. The van der Waals surface area contributed by atoms with Gasteiger partial charge in [-0.25, -0.2) is 0 Å². The third-order valence-electron chi connectivity index (χ3n) is 1.72. The number of benzene rings is 1. The molecule has 0 bridgehead atoms. The number of nitrogens with one attached hydrogen (secondary N) is 1. The van der Waals surface area contributed by atoms with Crippen molar-refractivity contribution in [2.24, 2.45) is 0 Å². The van der Waals surface area contributed by atoms with Crippen molar-refractivity contribution in [2.45, 2.75) is 6.10 Å². The van der Waals surface area contributed by atoms with E-state index >= 15 is 0 Å². The van der Waals surface area contributed by atoms with Crippen molar-refractivity contribution in [3.63, 3.8) is 0 Å². The number of halogens is 1. The number of carbonyl (C=O) groups is 2. The molecule has 0 fully saturated rings. The molecule has 0 aromatic heterocycles. The Morgan fingerprint density at radius 3 is 2.71 bits per heavy atom. The van der Waals surface area contributed by atoms with E-state index in [4.69, 9.17) is 17.3 Å². The van der Waals surface area contributed by atoms with Crippen LogP contribution in [0.2, 0.25) is 5.02 Å². The lowest BCUT2D eigenvalue weighted by Gasteiger charge is -2.08. The van der Waals surface area contributed by atoms with Crippen LogP contribution in [-0.2, 0) is 4.79 Å². The summed E-state index contributed by atoms with van der Waals surface area (Å²) in [6.45, 7) is 0. The number of rotatable bonds is 3. The number of aldehydes is 1. The molecule has 1 aromatic rings. The Labute approximate surface area is 85.3 Å². The molecule has 1 radical (unpaired) electrons. The van der Waals surface area contributed by atoms with Crippen LogP contribution in [0.25, 0.3) is 0 Å². The molecule has 5 heteroatoms. The molecule has 0 saturated heterocycles. The van der Waals surface area contributed by atoms with Crippen molar-refractivity contribution < 1.29 is 14.7 Å². The topological polar surface area (TPSA) is 78.2 Å². The fourth-order valence-corrected chi connectivity index (χ4v) is 1.22. The number of aliphatic hydroxyl groups is 1. The van der Waals surface area contributed by atoms with Crippen LogP contribution in [0.5, 0.6) is 0 Å². The molecule has 0 heterocycles. The van der Waals surface area contributed by atoms with Crippen LogP contribution in [0, 0.1) is 0 Å². The van der Waals surface area contributed by atoms with Crippen molar-refractivity contribution in [2.75, 3.05) is 0 Å². The Hall–Kier alpha value is -1.39. The van der Waals surface area contributed by atoms with Gasteiger partial charge >= 0.3 is 0 Å². The van der Waals surface area contributed by atoms with Crippen LogP contribution >= 0.6 is 11.6 Å². The van der Waals surface area contributed by atoms with Gasteiger partial charge in [-0.05, 0) is 12.1 Å². The molecule has 4 nitrogen and oxygen atoms in total. The van der Waals surface area contributed by atoms with E-state index in [0.29, 0.717) is 11.3 Å². The highest BCUT2D eigenvalue weighted by molar-refractivity contribution is 6.30. The highest BCUT2D eigenvalue weighted by atomic mass is 35.5. The summed E-state index contributed by atoms with van der Waals surface area (Å²) in [5.74, 6) is -1.16. The van der Waals surface area contributed by atoms with Crippen LogP contribution in [0.3, 0.4) is 0 Å². The van der Waals surface area contributed by atoms with Gasteiger partial charge in [0.2, 0.25) is 0 Å². The molecule has 1 unspecified atom stereocenters. The maximum Gasteiger partial charge on any atom is 0.271 e. The standard InChI is InChI=1S/C9H7ClNO3/c10-6-1-2-7(5(3-6)4-12)8(13)9(11)14/h1-4,8,11,13H. The second-order valence-corrected chi connectivity index (χ2v) is 3.09. The molecule has 2 N–H and O–H groups in total. The molecule has 0 aliphatic rings. The van der Waals surface area contributed by atoms with Gasteiger partial charge in [-0.1, -0.05) is 17.7 Å². The van der Waals surface area contributed by atoms with Crippen LogP contribution < -0.4 is 5.73 Å². The van der Waals surface area contributed by atoms with Crippen molar-refractivity contribution in [3.8, 4) is 0 Å². The van der Waals surface area contributed by atoms with E-state index in [9.17, 15) is 14.7 Å². The molecule has 0 aliphatic carbocycles. The number of amides is 1. The first-order chi connectivity index (χ1) is 6.56. The van der Waals surface area contributed by atoms with Gasteiger partial charge in [0.1, 0.15) is 6.29 Å². The normalized spacial score (nSPS) is 12.1. The second kappa shape index (κ2) is 4.21. The maximum atomic E-state index is 10.6. The summed E-state index contributed by atoms with van der Waals surface area (Å²) in [6.07, 6.45) is -1.11. The third kappa shape index (κ3) is 2.10. The highest BCUT2D eigenvalue weighted by Crippen LogP contribution is 2.20. The zero-order valence-electron chi connectivity index (χ0n) is 7.03. The highest BCUT2D eigenvalue weighted by Gasteiger charge is 2.17. The van der Waals surface area contributed by atoms with Gasteiger partial charge in [-0.2, -0.15) is 0 Å². The zero-order valence-corrected chi connectivity index (χ0v) is 7.78. The van der Waals surface area contributed by atoms with Crippen molar-refractivity contribution in [1.29, 1.82) is 0 Å². The summed E-state index contributed by atoms with van der Waals surface area (Å²) in [6, 6.07) is 4.12. The number of carbonyl (C=O) groups excluding carboxylic acids is 2. The van der Waals surface area contributed by atoms with E-state index in [-0.39, 0.29) is 11.1 Å². The van der Waals surface area contributed by atoms with E-state index in [1.807, 2.05) is 0 Å². The molecular formula is C9H7ClNO3. The average Bonchev–Trinajstić information content (AvgIpc) is 2.16. The first-order valence-corrected chi connectivity index (χ1v) is 4.12. The van der Waals surface area contributed by atoms with Crippen LogP contribution in [-0.4, -0.2) is 17.3 Å². The van der Waals surface area contributed by atoms with E-state index < -0.39 is 12.0 Å². The summed E-state index contributed by atoms with van der Waals surface area (Å²) >= 11 is 5.61. The van der Waals surface area contributed by atoms with E-state index in [1.54, 1.807) is 0 Å². The first kappa shape index (κ1) is 10.7. The lowest BCUT2D eigenvalue weighted by atomic mass is 10.0. The summed E-state index contributed by atoms with van der Waals surface area (Å²) < 4.78 is 0. The van der Waals surface area contributed by atoms with Gasteiger partial charge in [0.15, 0.2) is 6.10 Å². The second-order valence-electron chi connectivity index (χ2n) is 2.66. The maximum absolute atomic E-state index is 10.6. The molecule has 1 amide bonds. The largest absolute Gasteiger partial charge is 0.378 e. The summed E-state index contributed by atoms with van der Waals surface area (Å²) in [5, 5.41) is 9.60. The van der Waals surface area contributed by atoms with Crippen LogP contribution in [0.1, 0.15) is 22.0 Å². The molecule has 1 rings (SSSR count). The predicted molar refractivity (Wildman–Crippen MR) is 49.9 cm³/mol. The molecule has 14 heavy (non-hydrogen) atoms. The molecule has 0 saturated carbocycles. The first-order valence-electron chi connectivity index (χ1n) is 3.74. The molecule has 0 aliphatic heterocycles. The lowest BCUT2D eigenvalue weighted by molar-refractivity contribution is -0.126. The Morgan fingerprint density at radius 2 is 2.21 bits per heavy atom. The Morgan fingerprint density at radius 1 is 1.57 bits per heavy atom. The quantitative estimate of drug-likeness (QED) is 0.759. The SMILES string of the molecule is [NH]C(=O)C(O)c1ccc(Cl)cc1C=O. The summed E-state index contributed by atoms with van der Waals surface area (Å²) in [5.41, 5.74) is 6.93. The van der Waals surface area contributed by atoms with Crippen LogP contribution in [0.15, 0.2) is 18.2 Å². The summed E-state index contributed by atoms with van der Waals surface area (Å²) in [7, 11) is 0. The predicted octanol–water partition coefficient (Wildman–Crippen LogP) is 0.995. The Balaban J connectivity index is 3.20. The smallest absolute Gasteiger partial charge is 0.271 e. The van der Waals surface area contributed by atoms with Gasteiger partial charge in [0.25, 0.3) is 5.91 Å². The monoisotopic (exact) mass is 212 g/mol. The third-order valence-corrected chi connectivity index (χ3v) is 1.95. The number of hydrogen-bond donors (Lipinski definition) is 1. The minimum atomic E-state index is -1.59. The van der Waals surface area contributed by atoms with Gasteiger partial charge in [-0.3, -0.25) is 15.3 Å². The minimum Gasteiger partial charge on any atom is -0.378 e. The zero-order chi connectivity index (χ0) is 10.7. The average molecular weight is 213 g/mol. The fourth-order valence-electron chi connectivity index (χ4n) is 1.04. The molecule has 73 valence electrons.